The predicted octanol–water partition coefficient (Wildman–Crippen LogP) is 4.21. The fraction of sp³-hybridized carbons (Fsp3) is 0.125. The Hall–Kier alpha value is -3.93. The Morgan fingerprint density at radius 2 is 1.83 bits per heavy atom. The molecular weight excluding hydrogens is 374 g/mol. The van der Waals surface area contributed by atoms with Gasteiger partial charge in [-0.15, -0.1) is 0 Å². The number of nitrogens with zero attached hydrogens (tertiary/aromatic N) is 5. The smallest absolute Gasteiger partial charge is 0.133 e. The van der Waals surface area contributed by atoms with Crippen LogP contribution in [0.1, 0.15) is 0 Å². The normalized spacial score (nSPS) is 14.9. The lowest BCUT2D eigenvalue weighted by atomic mass is 10.0. The van der Waals surface area contributed by atoms with Crippen LogP contribution in [0, 0.1) is 0 Å². The van der Waals surface area contributed by atoms with E-state index >= 15 is 0 Å². The number of rotatable bonds is 5. The Bertz CT molecular complexity index is 1170. The molecule has 30 heavy (non-hydrogen) atoms. The summed E-state index contributed by atoms with van der Waals surface area (Å²) in [7, 11) is 1.93. The van der Waals surface area contributed by atoms with Crippen molar-refractivity contribution in [2.24, 2.45) is 12.0 Å². The summed E-state index contributed by atoms with van der Waals surface area (Å²) in [5.74, 6) is 1.76. The van der Waals surface area contributed by atoms with Crippen molar-refractivity contribution in [1.29, 1.82) is 0 Å². The van der Waals surface area contributed by atoms with E-state index in [-0.39, 0.29) is 0 Å². The highest BCUT2D eigenvalue weighted by molar-refractivity contribution is 5.96. The molecule has 0 fully saturated rings. The minimum atomic E-state index is 0.445. The maximum atomic E-state index is 5.97. The third-order valence-corrected chi connectivity index (χ3v) is 5.03. The molecule has 0 saturated heterocycles. The number of benzene rings is 1. The molecule has 5 rings (SSSR count). The van der Waals surface area contributed by atoms with E-state index in [0.717, 1.165) is 46.2 Å². The quantitative estimate of drug-likeness (QED) is 0.649. The zero-order valence-corrected chi connectivity index (χ0v) is 16.6. The fourth-order valence-electron chi connectivity index (χ4n) is 3.52. The minimum absolute atomic E-state index is 0.445. The average molecular weight is 395 g/mol. The van der Waals surface area contributed by atoms with Gasteiger partial charge in [0.05, 0.1) is 5.70 Å². The van der Waals surface area contributed by atoms with Crippen molar-refractivity contribution >= 4 is 5.84 Å². The molecule has 0 radical (unpaired) electrons. The second kappa shape index (κ2) is 7.83. The van der Waals surface area contributed by atoms with Crippen LogP contribution >= 0.6 is 0 Å². The van der Waals surface area contributed by atoms with Gasteiger partial charge in [-0.3, -0.25) is 9.67 Å². The molecule has 6 heteroatoms. The molecule has 2 aliphatic heterocycles. The number of hydrogen-bond acceptors (Lipinski definition) is 5. The van der Waals surface area contributed by atoms with E-state index in [1.807, 2.05) is 78.8 Å². The van der Waals surface area contributed by atoms with E-state index in [1.165, 1.54) is 0 Å². The van der Waals surface area contributed by atoms with Gasteiger partial charge in [-0.2, -0.15) is 5.10 Å². The summed E-state index contributed by atoms with van der Waals surface area (Å²) < 4.78 is 7.80. The van der Waals surface area contributed by atoms with Crippen LogP contribution in [0.4, 0.5) is 0 Å². The highest BCUT2D eigenvalue weighted by Gasteiger charge is 2.14. The molecule has 2 aliphatic rings. The van der Waals surface area contributed by atoms with Gasteiger partial charge in [0, 0.05) is 49.5 Å². The largest absolute Gasteiger partial charge is 0.487 e. The average Bonchev–Trinajstić information content (AvgIpc) is 3.20. The summed E-state index contributed by atoms with van der Waals surface area (Å²) in [5, 5.41) is 4.66. The van der Waals surface area contributed by atoms with Crippen molar-refractivity contribution in [3.05, 3.63) is 91.2 Å². The SMILES string of the molecule is Cn1cc(-c2ccncc2)c(-c2ccc(OCC3=CCN4C=CC=CC4=N3)cc2)n1. The number of hydrogen-bond donors (Lipinski definition) is 0. The summed E-state index contributed by atoms with van der Waals surface area (Å²) in [6.07, 6.45) is 15.8. The van der Waals surface area contributed by atoms with Gasteiger partial charge in [0.1, 0.15) is 23.9 Å². The molecule has 0 atom stereocenters. The van der Waals surface area contributed by atoms with Crippen LogP contribution in [-0.2, 0) is 7.05 Å². The van der Waals surface area contributed by atoms with Crippen LogP contribution in [0.3, 0.4) is 0 Å². The molecule has 6 nitrogen and oxygen atoms in total. The van der Waals surface area contributed by atoms with Gasteiger partial charge < -0.3 is 9.64 Å². The number of fused-ring (bicyclic) bond motifs is 1. The van der Waals surface area contributed by atoms with E-state index in [4.69, 9.17) is 4.74 Å². The van der Waals surface area contributed by atoms with Crippen molar-refractivity contribution in [3.63, 3.8) is 0 Å². The summed E-state index contributed by atoms with van der Waals surface area (Å²) in [6, 6.07) is 12.0. The van der Waals surface area contributed by atoms with Gasteiger partial charge in [0.2, 0.25) is 0 Å². The molecule has 2 aromatic heterocycles. The first kappa shape index (κ1) is 18.1. The van der Waals surface area contributed by atoms with Crippen molar-refractivity contribution in [3.8, 4) is 28.1 Å². The number of ether oxygens (including phenoxy) is 1. The Balaban J connectivity index is 1.30. The van der Waals surface area contributed by atoms with Crippen molar-refractivity contribution < 1.29 is 4.74 Å². The Labute approximate surface area is 175 Å². The summed E-state index contributed by atoms with van der Waals surface area (Å²) >= 11 is 0. The number of aromatic nitrogens is 3. The molecule has 0 saturated carbocycles. The maximum Gasteiger partial charge on any atom is 0.133 e. The molecule has 0 spiro atoms. The molecule has 3 aromatic rings. The maximum absolute atomic E-state index is 5.97. The molecule has 0 bridgehead atoms. The summed E-state index contributed by atoms with van der Waals surface area (Å²) in [5.41, 5.74) is 5.10. The lowest BCUT2D eigenvalue weighted by molar-refractivity contribution is 0.348. The van der Waals surface area contributed by atoms with Crippen molar-refractivity contribution in [2.75, 3.05) is 13.2 Å². The molecule has 1 aromatic carbocycles. The molecule has 148 valence electrons. The third kappa shape index (κ3) is 3.67. The number of aliphatic imine (C=N–C) groups is 1. The van der Waals surface area contributed by atoms with Crippen LogP contribution in [0.15, 0.2) is 96.2 Å². The zero-order valence-electron chi connectivity index (χ0n) is 16.6. The monoisotopic (exact) mass is 395 g/mol. The highest BCUT2D eigenvalue weighted by Crippen LogP contribution is 2.31. The van der Waals surface area contributed by atoms with Gasteiger partial charge in [-0.1, -0.05) is 6.08 Å². The number of allylic oxidation sites excluding steroid dienone is 2. The molecule has 4 heterocycles. The van der Waals surface area contributed by atoms with Crippen LogP contribution in [0.5, 0.6) is 5.75 Å². The summed E-state index contributed by atoms with van der Waals surface area (Å²) in [4.78, 5) is 10.9. The predicted molar refractivity (Wildman–Crippen MR) is 118 cm³/mol. The fourth-order valence-corrected chi connectivity index (χ4v) is 3.52. The Kier molecular flexibility index (Phi) is 4.73. The van der Waals surface area contributed by atoms with Crippen LogP contribution < -0.4 is 4.74 Å². The Morgan fingerprint density at radius 1 is 1.00 bits per heavy atom. The van der Waals surface area contributed by atoms with E-state index in [0.29, 0.717) is 6.61 Å². The molecule has 0 amide bonds. The lowest BCUT2D eigenvalue weighted by Gasteiger charge is -2.25. The van der Waals surface area contributed by atoms with Crippen LogP contribution in [-0.4, -0.2) is 38.7 Å². The number of amidine groups is 1. The zero-order chi connectivity index (χ0) is 20.3. The molecular formula is C24H21N5O. The second-order valence-corrected chi connectivity index (χ2v) is 7.13. The van der Waals surface area contributed by atoms with E-state index in [2.05, 4.69) is 26.1 Å². The standard InChI is InChI=1S/C24H21N5O/c1-28-16-22(18-9-12-25-13-10-18)24(27-28)19-5-7-21(8-6-19)30-17-20-11-15-29-14-3-2-4-23(29)26-20/h2-14,16H,15,17H2,1H3. The first-order valence-electron chi connectivity index (χ1n) is 9.83. The highest BCUT2D eigenvalue weighted by atomic mass is 16.5. The van der Waals surface area contributed by atoms with Gasteiger partial charge in [0.25, 0.3) is 0 Å². The Morgan fingerprint density at radius 3 is 2.67 bits per heavy atom. The molecule has 0 N–H and O–H groups in total. The van der Waals surface area contributed by atoms with E-state index < -0.39 is 0 Å². The number of pyridine rings is 1. The number of aryl methyl sites for hydroxylation is 1. The van der Waals surface area contributed by atoms with Gasteiger partial charge in [0.15, 0.2) is 0 Å². The van der Waals surface area contributed by atoms with Gasteiger partial charge in [-0.25, -0.2) is 4.99 Å². The second-order valence-electron chi connectivity index (χ2n) is 7.13. The summed E-state index contributed by atoms with van der Waals surface area (Å²) in [6.45, 7) is 1.26. The van der Waals surface area contributed by atoms with Crippen molar-refractivity contribution in [2.45, 2.75) is 0 Å². The third-order valence-electron chi connectivity index (χ3n) is 5.03. The van der Waals surface area contributed by atoms with Gasteiger partial charge >= 0.3 is 0 Å². The lowest BCUT2D eigenvalue weighted by Crippen LogP contribution is -2.29. The minimum Gasteiger partial charge on any atom is -0.487 e. The molecule has 0 unspecified atom stereocenters. The van der Waals surface area contributed by atoms with Crippen LogP contribution in [0.2, 0.25) is 0 Å². The first-order valence-corrected chi connectivity index (χ1v) is 9.83. The first-order chi connectivity index (χ1) is 14.8. The molecule has 0 aliphatic carbocycles. The van der Waals surface area contributed by atoms with Crippen LogP contribution in [0.25, 0.3) is 22.4 Å². The van der Waals surface area contributed by atoms with Gasteiger partial charge in [-0.05, 0) is 60.2 Å². The van der Waals surface area contributed by atoms with E-state index in [1.54, 1.807) is 12.4 Å². The topological polar surface area (TPSA) is 55.5 Å². The van der Waals surface area contributed by atoms with E-state index in [9.17, 15) is 0 Å². The van der Waals surface area contributed by atoms with Crippen molar-refractivity contribution in [1.82, 2.24) is 19.7 Å².